The average molecular weight is 581 g/mol. The summed E-state index contributed by atoms with van der Waals surface area (Å²) in [7, 11) is -2.84. The number of carbonyl (C=O) groups excluding carboxylic acids is 2. The third-order valence-corrected chi connectivity index (χ3v) is 8.52. The lowest BCUT2D eigenvalue weighted by atomic mass is 10.1. The first-order chi connectivity index (χ1) is 18.0. The van der Waals surface area contributed by atoms with E-state index in [4.69, 9.17) is 23.2 Å². The predicted molar refractivity (Wildman–Crippen MR) is 147 cm³/mol. The molecule has 0 aromatic heterocycles. The van der Waals surface area contributed by atoms with Crippen molar-refractivity contribution in [3.63, 3.8) is 0 Å². The fourth-order valence-corrected chi connectivity index (χ4v) is 5.84. The maximum Gasteiger partial charge on any atom is 0.264 e. The van der Waals surface area contributed by atoms with Gasteiger partial charge in [-0.1, -0.05) is 53.9 Å². The van der Waals surface area contributed by atoms with Gasteiger partial charge in [0.1, 0.15) is 18.4 Å². The Labute approximate surface area is 232 Å². The maximum atomic E-state index is 13.9. The summed E-state index contributed by atoms with van der Waals surface area (Å²) in [6, 6.07) is 14.9. The van der Waals surface area contributed by atoms with E-state index in [0.717, 1.165) is 34.1 Å². The standard InChI is InChI=1S/C27H28Cl2FN3O4S/c1-4-25(27(35)31-3)32(16-22-23(28)6-5-7-24(22)29)26(34)17-33(20-12-8-18(2)9-13-20)38(36,37)21-14-10-19(30)11-15-21/h5-15,25H,4,16-17H2,1-3H3,(H,31,35)/t25-/m0/s1. The molecule has 3 rings (SSSR count). The van der Waals surface area contributed by atoms with E-state index in [0.29, 0.717) is 15.6 Å². The minimum absolute atomic E-state index is 0.123. The SMILES string of the molecule is CC[C@@H](C(=O)NC)N(Cc1c(Cl)cccc1Cl)C(=O)CN(c1ccc(C)cc1)S(=O)(=O)c1ccc(F)cc1. The molecule has 0 aliphatic rings. The Balaban J connectivity index is 2.09. The molecule has 0 radical (unpaired) electrons. The zero-order valence-electron chi connectivity index (χ0n) is 21.1. The van der Waals surface area contributed by atoms with E-state index in [1.165, 1.54) is 11.9 Å². The molecule has 3 aromatic rings. The highest BCUT2D eigenvalue weighted by Crippen LogP contribution is 2.29. The van der Waals surface area contributed by atoms with Crippen LogP contribution in [0.1, 0.15) is 24.5 Å². The number of hydrogen-bond donors (Lipinski definition) is 1. The number of benzene rings is 3. The normalized spacial score (nSPS) is 12.1. The number of aryl methyl sites for hydroxylation is 1. The average Bonchev–Trinajstić information content (AvgIpc) is 2.89. The molecule has 2 amide bonds. The highest BCUT2D eigenvalue weighted by Gasteiger charge is 2.34. The van der Waals surface area contributed by atoms with Gasteiger partial charge in [-0.05, 0) is 61.9 Å². The number of hydrogen-bond acceptors (Lipinski definition) is 4. The second-order valence-electron chi connectivity index (χ2n) is 8.56. The Morgan fingerprint density at radius 3 is 2.08 bits per heavy atom. The molecule has 202 valence electrons. The van der Waals surface area contributed by atoms with Crippen molar-refractivity contribution in [3.8, 4) is 0 Å². The Morgan fingerprint density at radius 2 is 1.55 bits per heavy atom. The van der Waals surface area contributed by atoms with Gasteiger partial charge < -0.3 is 10.2 Å². The van der Waals surface area contributed by atoms with Gasteiger partial charge in [0.15, 0.2) is 0 Å². The summed E-state index contributed by atoms with van der Waals surface area (Å²) >= 11 is 12.7. The van der Waals surface area contributed by atoms with Crippen LogP contribution in [0.4, 0.5) is 10.1 Å². The summed E-state index contributed by atoms with van der Waals surface area (Å²) in [5, 5.41) is 3.16. The molecule has 0 unspecified atom stereocenters. The van der Waals surface area contributed by atoms with Gasteiger partial charge in [-0.15, -0.1) is 0 Å². The van der Waals surface area contributed by atoms with E-state index in [1.807, 2.05) is 6.92 Å². The lowest BCUT2D eigenvalue weighted by Crippen LogP contribution is -2.51. The monoisotopic (exact) mass is 579 g/mol. The third kappa shape index (κ3) is 6.64. The number of amides is 2. The number of sulfonamides is 1. The number of nitrogens with zero attached hydrogens (tertiary/aromatic N) is 2. The Morgan fingerprint density at radius 1 is 0.974 bits per heavy atom. The van der Waals surface area contributed by atoms with Gasteiger partial charge in [0.2, 0.25) is 11.8 Å². The van der Waals surface area contributed by atoms with Crippen LogP contribution in [0.15, 0.2) is 71.6 Å². The smallest absolute Gasteiger partial charge is 0.264 e. The topological polar surface area (TPSA) is 86.8 Å². The molecule has 7 nitrogen and oxygen atoms in total. The first-order valence-corrected chi connectivity index (χ1v) is 14.0. The van der Waals surface area contributed by atoms with E-state index < -0.39 is 40.2 Å². The zero-order valence-corrected chi connectivity index (χ0v) is 23.4. The number of halogens is 3. The van der Waals surface area contributed by atoms with Gasteiger partial charge >= 0.3 is 0 Å². The Kier molecular flexibility index (Phi) is 9.76. The van der Waals surface area contributed by atoms with Crippen LogP contribution in [0.5, 0.6) is 0 Å². The van der Waals surface area contributed by atoms with E-state index in [-0.39, 0.29) is 23.5 Å². The van der Waals surface area contributed by atoms with Crippen molar-refractivity contribution in [2.75, 3.05) is 17.9 Å². The second-order valence-corrected chi connectivity index (χ2v) is 11.2. The van der Waals surface area contributed by atoms with Crippen LogP contribution >= 0.6 is 23.2 Å². The number of carbonyl (C=O) groups is 2. The van der Waals surface area contributed by atoms with Crippen molar-refractivity contribution < 1.29 is 22.4 Å². The van der Waals surface area contributed by atoms with Gasteiger partial charge in [0.05, 0.1) is 10.6 Å². The molecular formula is C27H28Cl2FN3O4S. The lowest BCUT2D eigenvalue weighted by Gasteiger charge is -2.33. The quantitative estimate of drug-likeness (QED) is 0.358. The van der Waals surface area contributed by atoms with Gasteiger partial charge in [-0.3, -0.25) is 13.9 Å². The highest BCUT2D eigenvalue weighted by molar-refractivity contribution is 7.92. The molecule has 3 aromatic carbocycles. The first kappa shape index (κ1) is 29.4. The summed E-state index contributed by atoms with van der Waals surface area (Å²) in [4.78, 5) is 27.7. The molecule has 0 bridgehead atoms. The molecule has 0 heterocycles. The summed E-state index contributed by atoms with van der Waals surface area (Å²) in [5.74, 6) is -1.67. The van der Waals surface area contributed by atoms with E-state index in [1.54, 1.807) is 49.4 Å². The molecule has 11 heteroatoms. The predicted octanol–water partition coefficient (Wildman–Crippen LogP) is 5.19. The zero-order chi connectivity index (χ0) is 28.0. The van der Waals surface area contributed by atoms with Crippen LogP contribution in [0, 0.1) is 12.7 Å². The fourth-order valence-electron chi connectivity index (χ4n) is 3.91. The van der Waals surface area contributed by atoms with Crippen molar-refractivity contribution in [3.05, 3.63) is 93.7 Å². The minimum Gasteiger partial charge on any atom is -0.357 e. The second kappa shape index (κ2) is 12.6. The van der Waals surface area contributed by atoms with E-state index in [2.05, 4.69) is 5.32 Å². The van der Waals surface area contributed by atoms with Crippen molar-refractivity contribution in [1.29, 1.82) is 0 Å². The van der Waals surface area contributed by atoms with Crippen LogP contribution < -0.4 is 9.62 Å². The van der Waals surface area contributed by atoms with Gasteiger partial charge in [0.25, 0.3) is 10.0 Å². The number of nitrogens with one attached hydrogen (secondary N) is 1. The molecule has 0 saturated heterocycles. The molecule has 1 atom stereocenters. The molecule has 38 heavy (non-hydrogen) atoms. The minimum atomic E-state index is -4.29. The van der Waals surface area contributed by atoms with Crippen LogP contribution in [-0.4, -0.2) is 44.8 Å². The molecule has 0 fully saturated rings. The molecule has 0 spiro atoms. The largest absolute Gasteiger partial charge is 0.357 e. The molecule has 0 aliphatic heterocycles. The van der Waals surface area contributed by atoms with Crippen molar-refractivity contribution in [2.45, 2.75) is 37.8 Å². The molecule has 0 saturated carbocycles. The summed E-state index contributed by atoms with van der Waals surface area (Å²) < 4.78 is 41.9. The summed E-state index contributed by atoms with van der Waals surface area (Å²) in [6.07, 6.45) is 0.253. The van der Waals surface area contributed by atoms with Gasteiger partial charge in [-0.2, -0.15) is 0 Å². The summed E-state index contributed by atoms with van der Waals surface area (Å²) in [6.45, 7) is 2.83. The van der Waals surface area contributed by atoms with Gasteiger partial charge in [0, 0.05) is 29.2 Å². The molecular weight excluding hydrogens is 552 g/mol. The van der Waals surface area contributed by atoms with Crippen molar-refractivity contribution in [1.82, 2.24) is 10.2 Å². The van der Waals surface area contributed by atoms with Crippen LogP contribution in [0.3, 0.4) is 0 Å². The lowest BCUT2D eigenvalue weighted by molar-refractivity contribution is -0.140. The van der Waals surface area contributed by atoms with Crippen molar-refractivity contribution >= 4 is 50.7 Å². The van der Waals surface area contributed by atoms with Crippen LogP contribution in [-0.2, 0) is 26.2 Å². The number of rotatable bonds is 10. The first-order valence-electron chi connectivity index (χ1n) is 11.8. The van der Waals surface area contributed by atoms with E-state index >= 15 is 0 Å². The molecule has 1 N–H and O–H groups in total. The van der Waals surface area contributed by atoms with E-state index in [9.17, 15) is 22.4 Å². The molecule has 0 aliphatic carbocycles. The van der Waals surface area contributed by atoms with Gasteiger partial charge in [-0.25, -0.2) is 12.8 Å². The van der Waals surface area contributed by atoms with Crippen LogP contribution in [0.2, 0.25) is 10.0 Å². The van der Waals surface area contributed by atoms with Crippen molar-refractivity contribution in [2.24, 2.45) is 0 Å². The number of anilines is 1. The number of likely N-dealkylation sites (N-methyl/N-ethyl adjacent to an activating group) is 1. The maximum absolute atomic E-state index is 13.9. The fraction of sp³-hybridized carbons (Fsp3) is 0.259. The van der Waals surface area contributed by atoms with Crippen LogP contribution in [0.25, 0.3) is 0 Å². The Hall–Kier alpha value is -3.14. The third-order valence-electron chi connectivity index (χ3n) is 6.02. The summed E-state index contributed by atoms with van der Waals surface area (Å²) in [5.41, 5.74) is 1.55. The highest BCUT2D eigenvalue weighted by atomic mass is 35.5. The Bertz CT molecular complexity index is 1380.